The van der Waals surface area contributed by atoms with Gasteiger partial charge in [0.2, 0.25) is 0 Å². The number of hydrogen-bond donors (Lipinski definition) is 4. The van der Waals surface area contributed by atoms with Gasteiger partial charge in [-0.3, -0.25) is 0 Å². The summed E-state index contributed by atoms with van der Waals surface area (Å²) in [4.78, 5) is 19.8. The smallest absolute Gasteiger partial charge is 0.796 e. The Kier molecular flexibility index (Phi) is 14.4. The molecule has 0 bridgehead atoms. The third-order valence-corrected chi connectivity index (χ3v) is 2.59. The first kappa shape index (κ1) is 21.3. The van der Waals surface area contributed by atoms with Gasteiger partial charge in [-0.2, -0.15) is 0 Å². The van der Waals surface area contributed by atoms with E-state index in [4.69, 9.17) is 20.4 Å². The Morgan fingerprint density at radius 3 is 0.867 bits per heavy atom. The molecule has 0 rings (SSSR count). The summed E-state index contributed by atoms with van der Waals surface area (Å²) in [5.74, 6) is 0. The molecule has 0 amide bonds. The summed E-state index contributed by atoms with van der Waals surface area (Å²) in [6, 6.07) is 0. The van der Waals surface area contributed by atoms with Crippen LogP contribution in [0.4, 0.5) is 0 Å². The van der Waals surface area contributed by atoms with E-state index >= 15 is 0 Å². The Morgan fingerprint density at radius 1 is 0.733 bits per heavy atom. The van der Waals surface area contributed by atoms with Gasteiger partial charge in [-0.05, 0) is 0 Å². The van der Waals surface area contributed by atoms with Crippen molar-refractivity contribution < 1.29 is 39.3 Å². The normalized spacial score (nSPS) is 11.1. The molecule has 0 unspecified atom stereocenters. The zero-order chi connectivity index (χ0) is 11.8. The molecular weight excluding hydrogens is 262 g/mol. The number of hydrogen-bond acceptors (Lipinski definition) is 8. The predicted octanol–water partition coefficient (Wildman–Crippen LogP) is -3.33. The fraction of sp³-hybridized carbons (Fsp3) is 1.00. The largest absolute Gasteiger partial charge is 2.00 e. The minimum absolute atomic E-state index is 0. The molecular formula is C4H12MgO8P2. The van der Waals surface area contributed by atoms with Crippen LogP contribution in [0.3, 0.4) is 0 Å². The molecule has 0 saturated carbocycles. The van der Waals surface area contributed by atoms with Crippen LogP contribution in [-0.4, -0.2) is 68.9 Å². The van der Waals surface area contributed by atoms with Gasteiger partial charge in [0, 0.05) is 0 Å². The molecule has 0 aromatic heterocycles. The Balaban J connectivity index is -0.000000180. The van der Waals surface area contributed by atoms with Gasteiger partial charge in [0.1, 0.15) is 0 Å². The van der Waals surface area contributed by atoms with Gasteiger partial charge in [-0.15, -0.1) is 0 Å². The second-order valence-electron chi connectivity index (χ2n) is 2.19. The van der Waals surface area contributed by atoms with E-state index in [0.717, 1.165) is 0 Å². The van der Waals surface area contributed by atoms with Crippen LogP contribution < -0.4 is 9.79 Å². The first-order chi connectivity index (χ1) is 6.24. The van der Waals surface area contributed by atoms with Crippen LogP contribution >= 0.6 is 14.7 Å². The van der Waals surface area contributed by atoms with Crippen molar-refractivity contribution in [3.8, 4) is 0 Å². The van der Waals surface area contributed by atoms with Gasteiger partial charge in [0.15, 0.2) is 0 Å². The second-order valence-corrected chi connectivity index (χ2v) is 6.58. The maximum absolute atomic E-state index is 9.90. The van der Waals surface area contributed by atoms with E-state index in [-0.39, 0.29) is 23.1 Å². The topological polar surface area (TPSA) is 161 Å². The molecule has 0 heterocycles. The minimum atomic E-state index is -3.79. The zero-order valence-electron chi connectivity index (χ0n) is 7.85. The molecule has 0 spiro atoms. The minimum Gasteiger partial charge on any atom is -0.796 e. The van der Waals surface area contributed by atoms with Gasteiger partial charge >= 0.3 is 23.1 Å². The number of rotatable bonds is 4. The zero-order valence-corrected chi connectivity index (χ0v) is 11.1. The van der Waals surface area contributed by atoms with Crippen molar-refractivity contribution in [1.29, 1.82) is 0 Å². The SMILES string of the molecule is O=P([O-])(CO)CO.O=P([O-])(CO)CO.[Mg+2]. The van der Waals surface area contributed by atoms with Crippen molar-refractivity contribution in [2.45, 2.75) is 0 Å². The standard InChI is InChI=1S/2C2H7O4P.Mg/c2*3-1-7(5,6)2-4;/h2*3-4H,1-2H2,(H,5,6);/q;;+2/p-2. The van der Waals surface area contributed by atoms with Gasteiger partial charge < -0.3 is 39.3 Å². The Hall–Kier alpha value is 0.986. The third-order valence-electron chi connectivity index (χ3n) is 0.862. The summed E-state index contributed by atoms with van der Waals surface area (Å²) in [5.41, 5.74) is 0. The third kappa shape index (κ3) is 15.0. The maximum Gasteiger partial charge on any atom is 2.00 e. The van der Waals surface area contributed by atoms with E-state index < -0.39 is 40.1 Å². The van der Waals surface area contributed by atoms with E-state index in [1.807, 2.05) is 0 Å². The average Bonchev–Trinajstić information content (AvgIpc) is 2.19. The van der Waals surface area contributed by atoms with Crippen LogP contribution in [-0.2, 0) is 9.13 Å². The summed E-state index contributed by atoms with van der Waals surface area (Å²) in [6.07, 6.45) is -3.82. The van der Waals surface area contributed by atoms with Crippen molar-refractivity contribution >= 4 is 37.8 Å². The van der Waals surface area contributed by atoms with Crippen LogP contribution in [0.1, 0.15) is 0 Å². The molecule has 0 aromatic carbocycles. The summed E-state index contributed by atoms with van der Waals surface area (Å²) in [6.45, 7) is 0. The first-order valence-electron chi connectivity index (χ1n) is 3.26. The van der Waals surface area contributed by atoms with E-state index in [2.05, 4.69) is 0 Å². The molecule has 0 aromatic rings. The van der Waals surface area contributed by atoms with Crippen LogP contribution in [0.15, 0.2) is 0 Å². The average molecular weight is 274 g/mol. The Bertz CT molecular complexity index is 193. The molecule has 88 valence electrons. The molecule has 0 aliphatic carbocycles. The second kappa shape index (κ2) is 10.2. The van der Waals surface area contributed by atoms with Crippen molar-refractivity contribution in [3.63, 3.8) is 0 Å². The molecule has 0 fully saturated rings. The van der Waals surface area contributed by atoms with Crippen LogP contribution in [0.5, 0.6) is 0 Å². The molecule has 15 heavy (non-hydrogen) atoms. The molecule has 0 radical (unpaired) electrons. The monoisotopic (exact) mass is 274 g/mol. The molecule has 0 saturated heterocycles. The van der Waals surface area contributed by atoms with Crippen molar-refractivity contribution in [3.05, 3.63) is 0 Å². The van der Waals surface area contributed by atoms with Gasteiger partial charge in [0.25, 0.3) is 0 Å². The predicted molar refractivity (Wildman–Crippen MR) is 49.3 cm³/mol. The maximum atomic E-state index is 9.90. The van der Waals surface area contributed by atoms with Crippen LogP contribution in [0.2, 0.25) is 0 Å². The van der Waals surface area contributed by atoms with E-state index in [1.165, 1.54) is 0 Å². The van der Waals surface area contributed by atoms with Crippen molar-refractivity contribution in [2.24, 2.45) is 0 Å². The van der Waals surface area contributed by atoms with Gasteiger partial charge in [-0.1, -0.05) is 0 Å². The Morgan fingerprint density at radius 2 is 0.867 bits per heavy atom. The Labute approximate surface area is 103 Å². The quantitative estimate of drug-likeness (QED) is 0.305. The molecule has 0 aliphatic heterocycles. The van der Waals surface area contributed by atoms with Crippen molar-refractivity contribution in [1.82, 2.24) is 0 Å². The van der Waals surface area contributed by atoms with Crippen molar-refractivity contribution in [2.75, 3.05) is 25.4 Å². The van der Waals surface area contributed by atoms with Gasteiger partial charge in [0.05, 0.1) is 40.1 Å². The summed E-state index contributed by atoms with van der Waals surface area (Å²) < 4.78 is 19.8. The van der Waals surface area contributed by atoms with E-state index in [1.54, 1.807) is 0 Å². The fourth-order valence-corrected chi connectivity index (χ4v) is 0.268. The summed E-state index contributed by atoms with van der Waals surface area (Å²) in [7, 11) is -7.59. The van der Waals surface area contributed by atoms with Crippen LogP contribution in [0.25, 0.3) is 0 Å². The number of aliphatic hydroxyl groups excluding tert-OH is 4. The summed E-state index contributed by atoms with van der Waals surface area (Å²) >= 11 is 0. The number of aliphatic hydroxyl groups is 4. The first-order valence-corrected chi connectivity index (χ1v) is 7.25. The fourth-order valence-electron chi connectivity index (χ4n) is 0.0894. The van der Waals surface area contributed by atoms with Gasteiger partial charge in [-0.25, -0.2) is 0 Å². The molecule has 11 heteroatoms. The molecule has 0 atom stereocenters. The molecule has 0 aliphatic rings. The molecule has 8 nitrogen and oxygen atoms in total. The molecule has 4 N–H and O–H groups in total. The van der Waals surface area contributed by atoms with Crippen LogP contribution in [0, 0.1) is 0 Å². The van der Waals surface area contributed by atoms with E-state index in [9.17, 15) is 18.9 Å². The summed E-state index contributed by atoms with van der Waals surface area (Å²) in [5, 5.41) is 31.4. The van der Waals surface area contributed by atoms with E-state index in [0.29, 0.717) is 0 Å².